The summed E-state index contributed by atoms with van der Waals surface area (Å²) in [6.07, 6.45) is 2.41. The van der Waals surface area contributed by atoms with Crippen LogP contribution in [0.2, 0.25) is 0 Å². The third-order valence-corrected chi connectivity index (χ3v) is 2.64. The summed E-state index contributed by atoms with van der Waals surface area (Å²) in [5, 5.41) is 12.4. The average molecular weight is 200 g/mol. The van der Waals surface area contributed by atoms with E-state index in [1.165, 1.54) is 12.8 Å². The fraction of sp³-hybridized carbons (Fsp3) is 1.00. The fourth-order valence-corrected chi connectivity index (χ4v) is 2.05. The minimum Gasteiger partial charge on any atom is -0.395 e. The van der Waals surface area contributed by atoms with Gasteiger partial charge in [0.1, 0.15) is 0 Å². The van der Waals surface area contributed by atoms with Gasteiger partial charge in [-0.3, -0.25) is 0 Å². The first kappa shape index (κ1) is 12.0. The molecule has 1 aliphatic rings. The predicted molar refractivity (Wildman–Crippen MR) is 59.4 cm³/mol. The van der Waals surface area contributed by atoms with Gasteiger partial charge in [-0.1, -0.05) is 0 Å². The highest BCUT2D eigenvalue weighted by Crippen LogP contribution is 2.13. The number of aliphatic hydroxyl groups excluding tert-OH is 1. The van der Waals surface area contributed by atoms with Gasteiger partial charge in [0.2, 0.25) is 0 Å². The number of β-amino-alcohol motifs (C(OH)–C–C–N with tert-alkyl or cyclic N) is 1. The number of likely N-dealkylation sites (tertiary alicyclic amines) is 1. The number of hydrogen-bond donors (Lipinski definition) is 2. The number of hydrogen-bond acceptors (Lipinski definition) is 3. The van der Waals surface area contributed by atoms with Crippen LogP contribution >= 0.6 is 0 Å². The molecule has 1 rings (SSSR count). The van der Waals surface area contributed by atoms with Crippen molar-refractivity contribution >= 4 is 0 Å². The first-order chi connectivity index (χ1) is 6.51. The smallest absolute Gasteiger partial charge is 0.0558 e. The van der Waals surface area contributed by atoms with Gasteiger partial charge >= 0.3 is 0 Å². The molecule has 0 atom stereocenters. The molecule has 14 heavy (non-hydrogen) atoms. The molecule has 1 saturated heterocycles. The third kappa shape index (κ3) is 4.40. The lowest BCUT2D eigenvalue weighted by atomic mass is 10.00. The Labute approximate surface area is 87.5 Å². The molecule has 3 nitrogen and oxygen atoms in total. The molecular formula is C11H24N2O. The van der Waals surface area contributed by atoms with Crippen LogP contribution in [0, 0.1) is 0 Å². The van der Waals surface area contributed by atoms with Crippen molar-refractivity contribution in [2.45, 2.75) is 45.2 Å². The second kappa shape index (κ2) is 5.10. The van der Waals surface area contributed by atoms with Crippen LogP contribution in [-0.4, -0.2) is 47.8 Å². The van der Waals surface area contributed by atoms with Gasteiger partial charge in [-0.15, -0.1) is 0 Å². The van der Waals surface area contributed by atoms with Crippen LogP contribution in [0.15, 0.2) is 0 Å². The average Bonchev–Trinajstić information content (AvgIpc) is 2.06. The highest BCUT2D eigenvalue weighted by molar-refractivity contribution is 4.82. The van der Waals surface area contributed by atoms with Crippen molar-refractivity contribution in [3.05, 3.63) is 0 Å². The maximum atomic E-state index is 8.81. The minimum atomic E-state index is 0.226. The van der Waals surface area contributed by atoms with Gasteiger partial charge in [0.15, 0.2) is 0 Å². The number of nitrogens with zero attached hydrogens (tertiary/aromatic N) is 1. The van der Waals surface area contributed by atoms with Crippen molar-refractivity contribution in [3.63, 3.8) is 0 Å². The van der Waals surface area contributed by atoms with Crippen molar-refractivity contribution in [2.75, 3.05) is 26.2 Å². The van der Waals surface area contributed by atoms with Crippen molar-refractivity contribution in [3.8, 4) is 0 Å². The molecule has 0 spiro atoms. The summed E-state index contributed by atoms with van der Waals surface area (Å²) in [5.74, 6) is 0. The number of nitrogens with one attached hydrogen (secondary N) is 1. The Morgan fingerprint density at radius 3 is 2.29 bits per heavy atom. The first-order valence-corrected chi connectivity index (χ1v) is 5.62. The Morgan fingerprint density at radius 2 is 1.86 bits per heavy atom. The van der Waals surface area contributed by atoms with E-state index in [0.717, 1.165) is 19.6 Å². The van der Waals surface area contributed by atoms with Crippen LogP contribution in [0.5, 0.6) is 0 Å². The van der Waals surface area contributed by atoms with Gasteiger partial charge in [-0.2, -0.15) is 0 Å². The van der Waals surface area contributed by atoms with Gasteiger partial charge in [0.25, 0.3) is 0 Å². The van der Waals surface area contributed by atoms with E-state index < -0.39 is 0 Å². The van der Waals surface area contributed by atoms with Gasteiger partial charge in [-0.05, 0) is 46.7 Å². The molecule has 1 fully saturated rings. The molecule has 2 N–H and O–H groups in total. The summed E-state index contributed by atoms with van der Waals surface area (Å²) in [7, 11) is 0. The Morgan fingerprint density at radius 1 is 1.29 bits per heavy atom. The van der Waals surface area contributed by atoms with E-state index in [4.69, 9.17) is 5.11 Å². The van der Waals surface area contributed by atoms with Crippen molar-refractivity contribution in [1.82, 2.24) is 10.2 Å². The monoisotopic (exact) mass is 200 g/mol. The largest absolute Gasteiger partial charge is 0.395 e. The molecular weight excluding hydrogens is 176 g/mol. The number of aliphatic hydroxyl groups is 1. The summed E-state index contributed by atoms with van der Waals surface area (Å²) in [4.78, 5) is 2.33. The zero-order valence-corrected chi connectivity index (χ0v) is 9.71. The molecule has 3 heteroatoms. The standard InChI is InChI=1S/C11H24N2O/c1-11(2,3)12-10-4-6-13(7-5-10)8-9-14/h10,12,14H,4-9H2,1-3H3. The molecule has 0 bridgehead atoms. The summed E-state index contributed by atoms with van der Waals surface area (Å²) < 4.78 is 0. The second-order valence-electron chi connectivity index (χ2n) is 5.23. The highest BCUT2D eigenvalue weighted by Gasteiger charge is 2.22. The van der Waals surface area contributed by atoms with E-state index in [1.807, 2.05) is 0 Å². The molecule has 1 heterocycles. The summed E-state index contributed by atoms with van der Waals surface area (Å²) in [6, 6.07) is 0.657. The zero-order valence-electron chi connectivity index (χ0n) is 9.71. The maximum Gasteiger partial charge on any atom is 0.0558 e. The Hall–Kier alpha value is -0.120. The molecule has 0 radical (unpaired) electrons. The SMILES string of the molecule is CC(C)(C)NC1CCN(CCO)CC1. The molecule has 0 amide bonds. The van der Waals surface area contributed by atoms with Crippen LogP contribution in [0.25, 0.3) is 0 Å². The zero-order chi connectivity index (χ0) is 10.6. The minimum absolute atomic E-state index is 0.226. The van der Waals surface area contributed by atoms with Crippen LogP contribution < -0.4 is 5.32 Å². The second-order valence-corrected chi connectivity index (χ2v) is 5.23. The summed E-state index contributed by atoms with van der Waals surface area (Å²) in [5.41, 5.74) is 0.226. The fourth-order valence-electron chi connectivity index (χ4n) is 2.05. The molecule has 0 saturated carbocycles. The van der Waals surface area contributed by atoms with Crippen molar-refractivity contribution in [2.24, 2.45) is 0 Å². The topological polar surface area (TPSA) is 35.5 Å². The lowest BCUT2D eigenvalue weighted by molar-refractivity contribution is 0.148. The van der Waals surface area contributed by atoms with Gasteiger partial charge < -0.3 is 15.3 Å². The normalized spacial score (nSPS) is 21.4. The Kier molecular flexibility index (Phi) is 4.35. The Bertz CT molecular complexity index is 157. The molecule has 0 aromatic heterocycles. The quantitative estimate of drug-likeness (QED) is 0.708. The predicted octanol–water partition coefficient (Wildman–Crippen LogP) is 0.831. The molecule has 0 unspecified atom stereocenters. The van der Waals surface area contributed by atoms with Gasteiger partial charge in [0.05, 0.1) is 6.61 Å². The van der Waals surface area contributed by atoms with Crippen LogP contribution in [0.1, 0.15) is 33.6 Å². The van der Waals surface area contributed by atoms with Crippen molar-refractivity contribution < 1.29 is 5.11 Å². The maximum absolute atomic E-state index is 8.81. The van der Waals surface area contributed by atoms with Crippen LogP contribution in [-0.2, 0) is 0 Å². The van der Waals surface area contributed by atoms with Gasteiger partial charge in [0, 0.05) is 18.1 Å². The molecule has 0 aromatic carbocycles. The molecule has 0 aromatic rings. The highest BCUT2D eigenvalue weighted by atomic mass is 16.3. The van der Waals surface area contributed by atoms with Crippen LogP contribution in [0.4, 0.5) is 0 Å². The molecule has 0 aliphatic carbocycles. The van der Waals surface area contributed by atoms with E-state index in [-0.39, 0.29) is 12.1 Å². The van der Waals surface area contributed by atoms with Gasteiger partial charge in [-0.25, -0.2) is 0 Å². The first-order valence-electron chi connectivity index (χ1n) is 5.62. The van der Waals surface area contributed by atoms with E-state index in [1.54, 1.807) is 0 Å². The van der Waals surface area contributed by atoms with Crippen LogP contribution in [0.3, 0.4) is 0 Å². The number of rotatable bonds is 3. The van der Waals surface area contributed by atoms with E-state index >= 15 is 0 Å². The Balaban J connectivity index is 2.22. The number of piperidine rings is 1. The third-order valence-electron chi connectivity index (χ3n) is 2.64. The summed E-state index contributed by atoms with van der Waals surface area (Å²) in [6.45, 7) is 10.0. The lowest BCUT2D eigenvalue weighted by Crippen LogP contribution is -2.49. The molecule has 1 aliphatic heterocycles. The van der Waals surface area contributed by atoms with Crippen molar-refractivity contribution in [1.29, 1.82) is 0 Å². The van der Waals surface area contributed by atoms with E-state index in [0.29, 0.717) is 6.04 Å². The van der Waals surface area contributed by atoms with E-state index in [9.17, 15) is 0 Å². The lowest BCUT2D eigenvalue weighted by Gasteiger charge is -2.35. The summed E-state index contributed by atoms with van der Waals surface area (Å²) >= 11 is 0. The molecule has 84 valence electrons. The van der Waals surface area contributed by atoms with E-state index in [2.05, 4.69) is 31.0 Å².